The number of piperidine rings is 1. The first-order valence-electron chi connectivity index (χ1n) is 10.0. The van der Waals surface area contributed by atoms with Crippen molar-refractivity contribution in [2.45, 2.75) is 39.7 Å². The predicted octanol–water partition coefficient (Wildman–Crippen LogP) is 3.83. The minimum atomic E-state index is 0. The molecule has 0 aromatic heterocycles. The van der Waals surface area contributed by atoms with Gasteiger partial charge >= 0.3 is 0 Å². The summed E-state index contributed by atoms with van der Waals surface area (Å²) in [5.41, 5.74) is 1.26. The highest BCUT2D eigenvalue weighted by Gasteiger charge is 2.18. The molecular weight excluding hydrogens is 451 g/mol. The molecular formula is C21H37IN4O. The average Bonchev–Trinajstić information content (AvgIpc) is 2.67. The van der Waals surface area contributed by atoms with Crippen molar-refractivity contribution in [3.05, 3.63) is 29.8 Å². The Balaban J connectivity index is 0.00000364. The molecule has 1 aliphatic heterocycles. The van der Waals surface area contributed by atoms with Crippen molar-refractivity contribution in [3.8, 4) is 5.75 Å². The minimum Gasteiger partial charge on any atom is -0.497 e. The molecule has 0 spiro atoms. The fourth-order valence-electron chi connectivity index (χ4n) is 3.47. The summed E-state index contributed by atoms with van der Waals surface area (Å²) in [6.45, 7) is 10.7. The van der Waals surface area contributed by atoms with Gasteiger partial charge in [-0.05, 0) is 69.4 Å². The summed E-state index contributed by atoms with van der Waals surface area (Å²) in [5.74, 6) is 2.61. The number of hydrogen-bond donors (Lipinski definition) is 1. The number of aliphatic imine (C=N–C) groups is 1. The Morgan fingerprint density at radius 3 is 2.44 bits per heavy atom. The molecule has 0 unspecified atom stereocenters. The van der Waals surface area contributed by atoms with Crippen LogP contribution in [0.25, 0.3) is 0 Å². The topological polar surface area (TPSA) is 40.1 Å². The lowest BCUT2D eigenvalue weighted by Gasteiger charge is -2.31. The zero-order chi connectivity index (χ0) is 18.8. The number of guanidine groups is 1. The van der Waals surface area contributed by atoms with E-state index in [9.17, 15) is 0 Å². The number of likely N-dealkylation sites (tertiary alicyclic amines) is 1. The highest BCUT2D eigenvalue weighted by Crippen LogP contribution is 2.18. The number of rotatable bonds is 8. The summed E-state index contributed by atoms with van der Waals surface area (Å²) in [6.07, 6.45) is 3.79. The maximum atomic E-state index is 5.24. The van der Waals surface area contributed by atoms with Gasteiger partial charge in [0.05, 0.1) is 7.11 Å². The van der Waals surface area contributed by atoms with E-state index in [2.05, 4.69) is 48.1 Å². The maximum Gasteiger partial charge on any atom is 0.193 e. The van der Waals surface area contributed by atoms with Gasteiger partial charge < -0.3 is 19.9 Å². The minimum absolute atomic E-state index is 0. The quantitative estimate of drug-likeness (QED) is 0.343. The second-order valence-electron chi connectivity index (χ2n) is 7.18. The zero-order valence-corrected chi connectivity index (χ0v) is 19.7. The summed E-state index contributed by atoms with van der Waals surface area (Å²) in [7, 11) is 3.80. The molecule has 6 heteroatoms. The molecule has 0 bridgehead atoms. The van der Waals surface area contributed by atoms with Gasteiger partial charge in [0.15, 0.2) is 5.96 Å². The van der Waals surface area contributed by atoms with Crippen molar-refractivity contribution in [2.75, 3.05) is 46.9 Å². The van der Waals surface area contributed by atoms with Gasteiger partial charge in [-0.25, -0.2) is 0 Å². The lowest BCUT2D eigenvalue weighted by atomic mass is 9.97. The van der Waals surface area contributed by atoms with Gasteiger partial charge in [0.1, 0.15) is 5.75 Å². The maximum absolute atomic E-state index is 5.24. The van der Waals surface area contributed by atoms with E-state index in [0.717, 1.165) is 31.3 Å². The molecule has 1 heterocycles. The van der Waals surface area contributed by atoms with Gasteiger partial charge in [-0.15, -0.1) is 24.0 Å². The molecule has 27 heavy (non-hydrogen) atoms. The summed E-state index contributed by atoms with van der Waals surface area (Å²) in [4.78, 5) is 9.72. The standard InChI is InChI=1S/C21H36N4O.HI/c1-5-13-25-14-11-18(12-15-25)16-23-21(22-6-2)24(3)17-19-7-9-20(26-4)10-8-19;/h7-10,18H,5-6,11-17H2,1-4H3,(H,22,23);1H. The first-order chi connectivity index (χ1) is 12.7. The number of nitrogens with one attached hydrogen (secondary N) is 1. The Morgan fingerprint density at radius 2 is 1.89 bits per heavy atom. The van der Waals surface area contributed by atoms with E-state index < -0.39 is 0 Å². The molecule has 5 nitrogen and oxygen atoms in total. The van der Waals surface area contributed by atoms with Crippen LogP contribution in [0.5, 0.6) is 5.75 Å². The highest BCUT2D eigenvalue weighted by molar-refractivity contribution is 14.0. The Bertz CT molecular complexity index is 542. The first-order valence-corrected chi connectivity index (χ1v) is 10.0. The van der Waals surface area contributed by atoms with Crippen molar-refractivity contribution in [1.29, 1.82) is 0 Å². The Labute approximate surface area is 182 Å². The fraction of sp³-hybridized carbons (Fsp3) is 0.667. The predicted molar refractivity (Wildman–Crippen MR) is 125 cm³/mol. The van der Waals surface area contributed by atoms with Gasteiger partial charge in [0.2, 0.25) is 0 Å². The third-order valence-corrected chi connectivity index (χ3v) is 5.02. The van der Waals surface area contributed by atoms with Gasteiger partial charge in [-0.2, -0.15) is 0 Å². The summed E-state index contributed by atoms with van der Waals surface area (Å²) in [6, 6.07) is 8.25. The van der Waals surface area contributed by atoms with Crippen LogP contribution in [0, 0.1) is 5.92 Å². The van der Waals surface area contributed by atoms with Crippen LogP contribution in [-0.4, -0.2) is 62.6 Å². The third kappa shape index (κ3) is 8.25. The molecule has 1 saturated heterocycles. The number of halogens is 1. The molecule has 154 valence electrons. The number of benzene rings is 1. The molecule has 0 atom stereocenters. The van der Waals surface area contributed by atoms with Crippen molar-refractivity contribution in [1.82, 2.24) is 15.1 Å². The van der Waals surface area contributed by atoms with Crippen LogP contribution in [0.4, 0.5) is 0 Å². The molecule has 1 N–H and O–H groups in total. The Hall–Kier alpha value is -1.02. The normalized spacial score (nSPS) is 15.9. The smallest absolute Gasteiger partial charge is 0.193 e. The molecule has 1 aliphatic rings. The van der Waals surface area contributed by atoms with Crippen LogP contribution in [0.15, 0.2) is 29.3 Å². The van der Waals surface area contributed by atoms with E-state index in [4.69, 9.17) is 9.73 Å². The fourth-order valence-corrected chi connectivity index (χ4v) is 3.47. The lowest BCUT2D eigenvalue weighted by molar-refractivity contribution is 0.188. The number of nitrogens with zero attached hydrogens (tertiary/aromatic N) is 3. The number of hydrogen-bond acceptors (Lipinski definition) is 3. The van der Waals surface area contributed by atoms with Crippen LogP contribution in [0.3, 0.4) is 0 Å². The Morgan fingerprint density at radius 1 is 1.22 bits per heavy atom. The molecule has 1 aromatic carbocycles. The average molecular weight is 488 g/mol. The molecule has 0 aliphatic carbocycles. The Kier molecular flexibility index (Phi) is 11.7. The van der Waals surface area contributed by atoms with E-state index >= 15 is 0 Å². The van der Waals surface area contributed by atoms with E-state index in [1.807, 2.05) is 12.1 Å². The number of methoxy groups -OCH3 is 1. The van der Waals surface area contributed by atoms with E-state index in [1.165, 1.54) is 44.5 Å². The monoisotopic (exact) mass is 488 g/mol. The van der Waals surface area contributed by atoms with Gasteiger partial charge in [-0.3, -0.25) is 4.99 Å². The summed E-state index contributed by atoms with van der Waals surface area (Å²) in [5, 5.41) is 3.43. The van der Waals surface area contributed by atoms with Crippen LogP contribution < -0.4 is 10.1 Å². The van der Waals surface area contributed by atoms with E-state index in [1.54, 1.807) is 7.11 Å². The van der Waals surface area contributed by atoms with Crippen LogP contribution in [0.2, 0.25) is 0 Å². The molecule has 1 aromatic rings. The van der Waals surface area contributed by atoms with Gasteiger partial charge in [-0.1, -0.05) is 19.1 Å². The van der Waals surface area contributed by atoms with Crippen molar-refractivity contribution >= 4 is 29.9 Å². The van der Waals surface area contributed by atoms with Gasteiger partial charge in [0, 0.05) is 26.7 Å². The zero-order valence-electron chi connectivity index (χ0n) is 17.4. The van der Waals surface area contributed by atoms with Crippen molar-refractivity contribution in [3.63, 3.8) is 0 Å². The van der Waals surface area contributed by atoms with Gasteiger partial charge in [0.25, 0.3) is 0 Å². The van der Waals surface area contributed by atoms with Crippen molar-refractivity contribution < 1.29 is 4.74 Å². The van der Waals surface area contributed by atoms with E-state index in [0.29, 0.717) is 5.92 Å². The second-order valence-corrected chi connectivity index (χ2v) is 7.18. The molecule has 0 saturated carbocycles. The van der Waals surface area contributed by atoms with Crippen LogP contribution in [-0.2, 0) is 6.54 Å². The highest BCUT2D eigenvalue weighted by atomic mass is 127. The van der Waals surface area contributed by atoms with E-state index in [-0.39, 0.29) is 24.0 Å². The molecule has 2 rings (SSSR count). The summed E-state index contributed by atoms with van der Waals surface area (Å²) < 4.78 is 5.24. The van der Waals surface area contributed by atoms with Crippen LogP contribution >= 0.6 is 24.0 Å². The first kappa shape index (κ1) is 24.0. The third-order valence-electron chi connectivity index (χ3n) is 5.02. The molecule has 1 fully saturated rings. The summed E-state index contributed by atoms with van der Waals surface area (Å²) >= 11 is 0. The molecule has 0 radical (unpaired) electrons. The largest absolute Gasteiger partial charge is 0.497 e. The van der Waals surface area contributed by atoms with Crippen molar-refractivity contribution in [2.24, 2.45) is 10.9 Å². The molecule has 0 amide bonds. The lowest BCUT2D eigenvalue weighted by Crippen LogP contribution is -2.39. The second kappa shape index (κ2) is 13.2. The van der Waals surface area contributed by atoms with Crippen LogP contribution in [0.1, 0.15) is 38.7 Å². The SMILES string of the molecule is CCCN1CCC(CN=C(NCC)N(C)Cc2ccc(OC)cc2)CC1.I. The number of ether oxygens (including phenoxy) is 1.